The first-order valence-corrected chi connectivity index (χ1v) is 6.49. The van der Waals surface area contributed by atoms with Crippen molar-refractivity contribution in [1.82, 2.24) is 5.32 Å². The number of hydrogen-bond acceptors (Lipinski definition) is 3. The molecule has 18 heavy (non-hydrogen) atoms. The summed E-state index contributed by atoms with van der Waals surface area (Å²) in [7, 11) is 0. The van der Waals surface area contributed by atoms with E-state index in [0.29, 0.717) is 30.4 Å². The first kappa shape index (κ1) is 12.7. The maximum absolute atomic E-state index is 11.5. The maximum Gasteiger partial charge on any atom is 0.223 e. The molecule has 0 saturated heterocycles. The average Bonchev–Trinajstić information content (AvgIpc) is 2.30. The first-order chi connectivity index (χ1) is 8.75. The van der Waals surface area contributed by atoms with Gasteiger partial charge in [0, 0.05) is 6.54 Å². The Kier molecular flexibility index (Phi) is 4.45. The maximum atomic E-state index is 11.5. The molecule has 0 aromatic heterocycles. The Morgan fingerprint density at radius 3 is 2.83 bits per heavy atom. The Labute approximate surface area is 108 Å². The fraction of sp³-hybridized carbons (Fsp3) is 0.500. The summed E-state index contributed by atoms with van der Waals surface area (Å²) in [6.07, 6.45) is 4.17. The van der Waals surface area contributed by atoms with E-state index in [1.54, 1.807) is 6.07 Å². The molecule has 3 N–H and O–H groups in total. The number of benzene rings is 1. The van der Waals surface area contributed by atoms with Gasteiger partial charge in [0.15, 0.2) is 0 Å². The number of nitrogens with two attached hydrogens (primary N) is 1. The van der Waals surface area contributed by atoms with Crippen LogP contribution in [0.3, 0.4) is 0 Å². The summed E-state index contributed by atoms with van der Waals surface area (Å²) < 4.78 is 5.47. The van der Waals surface area contributed by atoms with E-state index in [-0.39, 0.29) is 5.91 Å². The van der Waals surface area contributed by atoms with Crippen molar-refractivity contribution in [2.75, 3.05) is 18.9 Å². The van der Waals surface area contributed by atoms with Crippen LogP contribution in [0.5, 0.6) is 5.75 Å². The molecule has 0 bridgehead atoms. The smallest absolute Gasteiger partial charge is 0.223 e. The van der Waals surface area contributed by atoms with Crippen LogP contribution in [0.1, 0.15) is 25.7 Å². The minimum atomic E-state index is 0.0522. The number of nitrogen functional groups attached to an aromatic ring is 1. The van der Waals surface area contributed by atoms with Gasteiger partial charge in [0.05, 0.1) is 18.7 Å². The van der Waals surface area contributed by atoms with E-state index in [2.05, 4.69) is 5.32 Å². The topological polar surface area (TPSA) is 64.3 Å². The second-order valence-corrected chi connectivity index (χ2v) is 4.74. The third kappa shape index (κ3) is 3.65. The largest absolute Gasteiger partial charge is 0.491 e. The third-order valence-electron chi connectivity index (χ3n) is 3.32. The van der Waals surface area contributed by atoms with E-state index >= 15 is 0 Å². The van der Waals surface area contributed by atoms with Gasteiger partial charge in [-0.1, -0.05) is 18.6 Å². The molecule has 1 saturated carbocycles. The molecule has 0 spiro atoms. The zero-order chi connectivity index (χ0) is 12.8. The molecule has 1 aromatic carbocycles. The quantitative estimate of drug-likeness (QED) is 0.756. The highest BCUT2D eigenvalue weighted by Gasteiger charge is 2.17. The van der Waals surface area contributed by atoms with E-state index < -0.39 is 0 Å². The Bertz CT molecular complexity index is 403. The van der Waals surface area contributed by atoms with E-state index in [1.165, 1.54) is 19.3 Å². The van der Waals surface area contributed by atoms with Gasteiger partial charge in [-0.05, 0) is 30.9 Å². The van der Waals surface area contributed by atoms with Crippen LogP contribution in [0.25, 0.3) is 0 Å². The molecule has 1 aliphatic carbocycles. The monoisotopic (exact) mass is 248 g/mol. The number of carbonyl (C=O) groups is 1. The standard InChI is InChI=1S/C14H20N2O2/c15-12-6-1-2-7-13(12)18-9-8-14(17)16-10-11-4-3-5-11/h1-2,6-7,11H,3-5,8-10,15H2,(H,16,17). The van der Waals surface area contributed by atoms with Crippen molar-refractivity contribution in [3.8, 4) is 5.75 Å². The van der Waals surface area contributed by atoms with Gasteiger partial charge in [-0.3, -0.25) is 4.79 Å². The number of ether oxygens (including phenoxy) is 1. The Morgan fingerprint density at radius 1 is 1.39 bits per heavy atom. The zero-order valence-electron chi connectivity index (χ0n) is 10.5. The normalized spacial score (nSPS) is 14.9. The number of nitrogens with one attached hydrogen (secondary N) is 1. The third-order valence-corrected chi connectivity index (χ3v) is 3.32. The first-order valence-electron chi connectivity index (χ1n) is 6.49. The van der Waals surface area contributed by atoms with Gasteiger partial charge in [0.1, 0.15) is 5.75 Å². The van der Waals surface area contributed by atoms with Crippen molar-refractivity contribution in [1.29, 1.82) is 0 Å². The molecule has 0 unspecified atom stereocenters. The van der Waals surface area contributed by atoms with Gasteiger partial charge in [0.25, 0.3) is 0 Å². The van der Waals surface area contributed by atoms with Gasteiger partial charge in [-0.15, -0.1) is 0 Å². The van der Waals surface area contributed by atoms with Gasteiger partial charge < -0.3 is 15.8 Å². The highest BCUT2D eigenvalue weighted by molar-refractivity contribution is 5.76. The minimum Gasteiger partial charge on any atom is -0.491 e. The summed E-state index contributed by atoms with van der Waals surface area (Å²) in [5.41, 5.74) is 6.34. The number of amides is 1. The van der Waals surface area contributed by atoms with Crippen molar-refractivity contribution in [3.63, 3.8) is 0 Å². The van der Waals surface area contributed by atoms with Gasteiger partial charge in [0.2, 0.25) is 5.91 Å². The molecule has 0 atom stereocenters. The zero-order valence-corrected chi connectivity index (χ0v) is 10.5. The molecule has 1 aliphatic rings. The Hall–Kier alpha value is -1.71. The van der Waals surface area contributed by atoms with Crippen LogP contribution in [0.15, 0.2) is 24.3 Å². The highest BCUT2D eigenvalue weighted by Crippen LogP contribution is 2.25. The molecular weight excluding hydrogens is 228 g/mol. The molecule has 98 valence electrons. The number of carbonyl (C=O) groups excluding carboxylic acids is 1. The van der Waals surface area contributed by atoms with Crippen LogP contribution in [0.2, 0.25) is 0 Å². The predicted octanol–water partition coefficient (Wildman–Crippen LogP) is 1.95. The van der Waals surface area contributed by atoms with Crippen LogP contribution >= 0.6 is 0 Å². The van der Waals surface area contributed by atoms with Gasteiger partial charge >= 0.3 is 0 Å². The molecule has 0 aliphatic heterocycles. The lowest BCUT2D eigenvalue weighted by Crippen LogP contribution is -2.32. The predicted molar refractivity (Wildman–Crippen MR) is 71.3 cm³/mol. The number of anilines is 1. The van der Waals surface area contributed by atoms with Crippen molar-refractivity contribution in [2.24, 2.45) is 5.92 Å². The van der Waals surface area contributed by atoms with Crippen LogP contribution in [-0.2, 0) is 4.79 Å². The summed E-state index contributed by atoms with van der Waals surface area (Å²) >= 11 is 0. The molecule has 0 heterocycles. The van der Waals surface area contributed by atoms with Crippen LogP contribution < -0.4 is 15.8 Å². The minimum absolute atomic E-state index is 0.0522. The fourth-order valence-electron chi connectivity index (χ4n) is 1.91. The van der Waals surface area contributed by atoms with Crippen molar-refractivity contribution in [3.05, 3.63) is 24.3 Å². The van der Waals surface area contributed by atoms with Crippen LogP contribution in [-0.4, -0.2) is 19.1 Å². The number of hydrogen-bond donors (Lipinski definition) is 2. The Morgan fingerprint density at radius 2 is 2.17 bits per heavy atom. The molecule has 2 rings (SSSR count). The lowest BCUT2D eigenvalue weighted by molar-refractivity contribution is -0.121. The molecule has 1 fully saturated rings. The number of rotatable bonds is 6. The summed E-state index contributed by atoms with van der Waals surface area (Å²) in [5, 5.41) is 2.94. The second kappa shape index (κ2) is 6.28. The second-order valence-electron chi connectivity index (χ2n) is 4.74. The molecule has 1 amide bonds. The molecule has 4 nitrogen and oxygen atoms in total. The van der Waals surface area contributed by atoms with Gasteiger partial charge in [-0.25, -0.2) is 0 Å². The van der Waals surface area contributed by atoms with Gasteiger partial charge in [-0.2, -0.15) is 0 Å². The van der Waals surface area contributed by atoms with Crippen molar-refractivity contribution >= 4 is 11.6 Å². The highest BCUT2D eigenvalue weighted by atomic mass is 16.5. The molecule has 1 aromatic rings. The Balaban J connectivity index is 1.62. The molecule has 4 heteroatoms. The summed E-state index contributed by atoms with van der Waals surface area (Å²) in [6.45, 7) is 1.18. The number of para-hydroxylation sites is 2. The SMILES string of the molecule is Nc1ccccc1OCCC(=O)NCC1CCC1. The molecular formula is C14H20N2O2. The van der Waals surface area contributed by atoms with E-state index in [1.807, 2.05) is 18.2 Å². The summed E-state index contributed by atoms with van der Waals surface area (Å²) in [4.78, 5) is 11.5. The van der Waals surface area contributed by atoms with Crippen LogP contribution in [0.4, 0.5) is 5.69 Å². The van der Waals surface area contributed by atoms with Crippen molar-refractivity contribution < 1.29 is 9.53 Å². The fourth-order valence-corrected chi connectivity index (χ4v) is 1.91. The van der Waals surface area contributed by atoms with E-state index in [4.69, 9.17) is 10.5 Å². The summed E-state index contributed by atoms with van der Waals surface area (Å²) in [5.74, 6) is 1.39. The summed E-state index contributed by atoms with van der Waals surface area (Å²) in [6, 6.07) is 7.31. The van der Waals surface area contributed by atoms with E-state index in [0.717, 1.165) is 6.54 Å². The lowest BCUT2D eigenvalue weighted by atomic mass is 9.85. The molecule has 0 radical (unpaired) electrons. The van der Waals surface area contributed by atoms with Crippen LogP contribution in [0, 0.1) is 5.92 Å². The lowest BCUT2D eigenvalue weighted by Gasteiger charge is -2.25. The average molecular weight is 248 g/mol. The van der Waals surface area contributed by atoms with Crippen molar-refractivity contribution in [2.45, 2.75) is 25.7 Å². The van der Waals surface area contributed by atoms with E-state index in [9.17, 15) is 4.79 Å².